The lowest BCUT2D eigenvalue weighted by Crippen LogP contribution is -2.32. The molecule has 0 aliphatic carbocycles. The quantitative estimate of drug-likeness (QED) is 0.589. The van der Waals surface area contributed by atoms with E-state index in [2.05, 4.69) is 0 Å². The first-order valence-corrected chi connectivity index (χ1v) is 3.38. The maximum absolute atomic E-state index is 10.8. The van der Waals surface area contributed by atoms with Crippen LogP contribution in [0.1, 0.15) is 19.8 Å². The van der Waals surface area contributed by atoms with Gasteiger partial charge in [0.2, 0.25) is 5.91 Å². The summed E-state index contributed by atoms with van der Waals surface area (Å²) in [6, 6.07) is 0. The average molecular weight is 145 g/mol. The molecule has 1 atom stereocenters. The third-order valence-electron chi connectivity index (χ3n) is 1.40. The van der Waals surface area contributed by atoms with E-state index in [1.165, 1.54) is 0 Å². The molecule has 1 aliphatic rings. The number of carbonyl (C=O) groups is 1. The first-order chi connectivity index (χ1) is 4.75. The molecule has 1 heterocycles. The number of carbonyl (C=O) groups excluding carboxylic acids is 1. The molecule has 1 fully saturated rings. The molecule has 0 radical (unpaired) electrons. The molecule has 58 valence electrons. The highest BCUT2D eigenvalue weighted by Crippen LogP contribution is 2.15. The van der Waals surface area contributed by atoms with Crippen molar-refractivity contribution >= 4 is 5.91 Å². The topological polar surface area (TPSA) is 49.8 Å². The van der Waals surface area contributed by atoms with Crippen LogP contribution in [-0.4, -0.2) is 28.9 Å². The van der Waals surface area contributed by atoms with Crippen molar-refractivity contribution in [1.29, 1.82) is 0 Å². The van der Waals surface area contributed by atoms with Gasteiger partial charge in [-0.05, 0) is 6.92 Å². The summed E-state index contributed by atoms with van der Waals surface area (Å²) in [7, 11) is 0. The Morgan fingerprint density at radius 1 is 1.90 bits per heavy atom. The molecule has 0 bridgehead atoms. The minimum atomic E-state index is -0.729. The number of nitrogens with zero attached hydrogens (tertiary/aromatic N) is 1. The minimum Gasteiger partial charge on any atom is -0.371 e. The number of hydrogen-bond acceptors (Lipinski definition) is 3. The number of hydroxylamine groups is 2. The van der Waals surface area contributed by atoms with Crippen molar-refractivity contribution in [2.75, 3.05) is 6.61 Å². The van der Waals surface area contributed by atoms with Crippen LogP contribution < -0.4 is 0 Å². The third kappa shape index (κ3) is 1.27. The first kappa shape index (κ1) is 7.50. The SMILES string of the molecule is CCON1C(=O)CCC1O. The van der Waals surface area contributed by atoms with Gasteiger partial charge in [-0.2, -0.15) is 5.06 Å². The lowest BCUT2D eigenvalue weighted by Gasteiger charge is -2.17. The summed E-state index contributed by atoms with van der Waals surface area (Å²) in [4.78, 5) is 15.7. The van der Waals surface area contributed by atoms with Crippen molar-refractivity contribution < 1.29 is 14.7 Å². The summed E-state index contributed by atoms with van der Waals surface area (Å²) in [6.07, 6.45) is 0.146. The van der Waals surface area contributed by atoms with Gasteiger partial charge in [-0.1, -0.05) is 0 Å². The van der Waals surface area contributed by atoms with Crippen molar-refractivity contribution in [2.45, 2.75) is 26.0 Å². The summed E-state index contributed by atoms with van der Waals surface area (Å²) in [5.74, 6) is -0.130. The fraction of sp³-hybridized carbons (Fsp3) is 0.833. The van der Waals surface area contributed by atoms with Crippen LogP contribution in [0.3, 0.4) is 0 Å². The molecule has 4 heteroatoms. The second-order valence-corrected chi connectivity index (χ2v) is 2.16. The Kier molecular flexibility index (Phi) is 2.24. The summed E-state index contributed by atoms with van der Waals surface area (Å²) in [5, 5.41) is 10.1. The standard InChI is InChI=1S/C6H11NO3/c1-2-10-7-5(8)3-4-6(7)9/h5,8H,2-4H2,1H3. The number of aliphatic hydroxyl groups excluding tert-OH is 1. The van der Waals surface area contributed by atoms with E-state index >= 15 is 0 Å². The summed E-state index contributed by atoms with van der Waals surface area (Å²) in [5.41, 5.74) is 0. The van der Waals surface area contributed by atoms with Crippen LogP contribution in [0.5, 0.6) is 0 Å². The predicted molar refractivity (Wildman–Crippen MR) is 33.7 cm³/mol. The molecular formula is C6H11NO3. The van der Waals surface area contributed by atoms with Gasteiger partial charge in [0, 0.05) is 12.8 Å². The van der Waals surface area contributed by atoms with Crippen molar-refractivity contribution in [1.82, 2.24) is 5.06 Å². The van der Waals surface area contributed by atoms with Gasteiger partial charge in [0.15, 0.2) is 6.23 Å². The number of amides is 1. The fourth-order valence-corrected chi connectivity index (χ4v) is 0.943. The lowest BCUT2D eigenvalue weighted by molar-refractivity contribution is -0.216. The smallest absolute Gasteiger partial charge is 0.248 e. The molecule has 0 aromatic heterocycles. The maximum Gasteiger partial charge on any atom is 0.248 e. The molecule has 0 saturated carbocycles. The highest BCUT2D eigenvalue weighted by molar-refractivity contribution is 5.77. The van der Waals surface area contributed by atoms with Crippen molar-refractivity contribution in [3.05, 3.63) is 0 Å². The Balaban J connectivity index is 2.46. The molecule has 1 rings (SSSR count). The van der Waals surface area contributed by atoms with E-state index in [9.17, 15) is 4.79 Å². The van der Waals surface area contributed by atoms with Gasteiger partial charge in [-0.15, -0.1) is 0 Å². The normalized spacial score (nSPS) is 26.0. The molecular weight excluding hydrogens is 134 g/mol. The molecule has 0 spiro atoms. The Labute approximate surface area is 59.3 Å². The maximum atomic E-state index is 10.8. The zero-order valence-corrected chi connectivity index (χ0v) is 5.91. The van der Waals surface area contributed by atoms with Crippen LogP contribution in [0.15, 0.2) is 0 Å². The highest BCUT2D eigenvalue weighted by atomic mass is 16.7. The van der Waals surface area contributed by atoms with Crippen molar-refractivity contribution in [3.8, 4) is 0 Å². The number of hydrogen-bond donors (Lipinski definition) is 1. The Hall–Kier alpha value is -0.610. The first-order valence-electron chi connectivity index (χ1n) is 3.38. The van der Waals surface area contributed by atoms with Gasteiger partial charge >= 0.3 is 0 Å². The van der Waals surface area contributed by atoms with E-state index in [1.807, 2.05) is 0 Å². The summed E-state index contributed by atoms with van der Waals surface area (Å²) < 4.78 is 0. The van der Waals surface area contributed by atoms with Crippen LogP contribution in [0.4, 0.5) is 0 Å². The van der Waals surface area contributed by atoms with E-state index in [4.69, 9.17) is 9.94 Å². The van der Waals surface area contributed by atoms with E-state index in [0.717, 1.165) is 5.06 Å². The zero-order chi connectivity index (χ0) is 7.56. The molecule has 1 aliphatic heterocycles. The minimum absolute atomic E-state index is 0.130. The van der Waals surface area contributed by atoms with Crippen molar-refractivity contribution in [2.24, 2.45) is 0 Å². The molecule has 0 aromatic carbocycles. The lowest BCUT2D eigenvalue weighted by atomic mass is 10.4. The second-order valence-electron chi connectivity index (χ2n) is 2.16. The van der Waals surface area contributed by atoms with E-state index in [1.54, 1.807) is 6.92 Å². The van der Waals surface area contributed by atoms with Crippen LogP contribution in [0, 0.1) is 0 Å². The van der Waals surface area contributed by atoms with Gasteiger partial charge in [0.1, 0.15) is 0 Å². The highest BCUT2D eigenvalue weighted by Gasteiger charge is 2.29. The summed E-state index contributed by atoms with van der Waals surface area (Å²) >= 11 is 0. The van der Waals surface area contributed by atoms with Crippen LogP contribution in [-0.2, 0) is 9.63 Å². The number of aliphatic hydroxyl groups is 1. The van der Waals surface area contributed by atoms with E-state index in [0.29, 0.717) is 19.4 Å². The van der Waals surface area contributed by atoms with Crippen LogP contribution >= 0.6 is 0 Å². The average Bonchev–Trinajstić information content (AvgIpc) is 2.20. The van der Waals surface area contributed by atoms with Gasteiger partial charge < -0.3 is 5.11 Å². The monoisotopic (exact) mass is 145 g/mol. The molecule has 1 saturated heterocycles. The Morgan fingerprint density at radius 2 is 2.60 bits per heavy atom. The summed E-state index contributed by atoms with van der Waals surface area (Å²) in [6.45, 7) is 2.20. The Bertz CT molecular complexity index is 137. The molecule has 1 unspecified atom stereocenters. The molecule has 1 amide bonds. The van der Waals surface area contributed by atoms with Gasteiger partial charge in [-0.25, -0.2) is 0 Å². The fourth-order valence-electron chi connectivity index (χ4n) is 0.943. The Morgan fingerprint density at radius 3 is 3.00 bits per heavy atom. The third-order valence-corrected chi connectivity index (χ3v) is 1.40. The predicted octanol–water partition coefficient (Wildman–Crippen LogP) is -0.121. The largest absolute Gasteiger partial charge is 0.371 e. The van der Waals surface area contributed by atoms with Gasteiger partial charge in [0.25, 0.3) is 0 Å². The van der Waals surface area contributed by atoms with Gasteiger partial charge in [0.05, 0.1) is 6.61 Å². The van der Waals surface area contributed by atoms with Gasteiger partial charge in [-0.3, -0.25) is 9.63 Å². The van der Waals surface area contributed by atoms with E-state index < -0.39 is 6.23 Å². The van der Waals surface area contributed by atoms with Crippen LogP contribution in [0.2, 0.25) is 0 Å². The molecule has 0 aromatic rings. The van der Waals surface area contributed by atoms with E-state index in [-0.39, 0.29) is 5.91 Å². The molecule has 4 nitrogen and oxygen atoms in total. The zero-order valence-electron chi connectivity index (χ0n) is 5.91. The molecule has 10 heavy (non-hydrogen) atoms. The number of rotatable bonds is 2. The molecule has 1 N–H and O–H groups in total. The van der Waals surface area contributed by atoms with Crippen LogP contribution in [0.25, 0.3) is 0 Å². The van der Waals surface area contributed by atoms with Crippen molar-refractivity contribution in [3.63, 3.8) is 0 Å². The second kappa shape index (κ2) is 2.98.